The number of aryl methyl sites for hydroxylation is 1. The van der Waals surface area contributed by atoms with E-state index >= 15 is 0 Å². The van der Waals surface area contributed by atoms with E-state index in [0.29, 0.717) is 10.9 Å². The Morgan fingerprint density at radius 1 is 1.26 bits per heavy atom. The second kappa shape index (κ2) is 5.31. The number of phenols is 2. The molecule has 0 spiro atoms. The van der Waals surface area contributed by atoms with Crippen LogP contribution in [0.25, 0.3) is 10.8 Å². The van der Waals surface area contributed by atoms with E-state index in [0.717, 1.165) is 30.2 Å². The van der Waals surface area contributed by atoms with Crippen LogP contribution in [0, 0.1) is 0 Å². The summed E-state index contributed by atoms with van der Waals surface area (Å²) in [6.45, 7) is 3.52. The molecule has 0 bridgehead atoms. The van der Waals surface area contributed by atoms with Crippen molar-refractivity contribution >= 4 is 16.6 Å². The van der Waals surface area contributed by atoms with Gasteiger partial charge >= 0.3 is 0 Å². The minimum atomic E-state index is -0.172. The summed E-state index contributed by atoms with van der Waals surface area (Å²) in [6, 6.07) is 6.96. The summed E-state index contributed by atoms with van der Waals surface area (Å²) in [6.07, 6.45) is 2.74. The fraction of sp³-hybridized carbons (Fsp3) is 0.312. The van der Waals surface area contributed by atoms with Crippen LogP contribution in [-0.2, 0) is 6.42 Å². The number of phenolic OH excluding ortho intramolecular Hbond substituents is 2. The number of unbranched alkanes of at least 4 members (excludes halogenated alkanes) is 1. The predicted octanol–water partition coefficient (Wildman–Crippen LogP) is 3.80. The zero-order chi connectivity index (χ0) is 14.0. The Labute approximate surface area is 112 Å². The third kappa shape index (κ3) is 2.41. The lowest BCUT2D eigenvalue weighted by molar-refractivity contribution is 0.101. The summed E-state index contributed by atoms with van der Waals surface area (Å²) in [4.78, 5) is 11.8. The first-order chi connectivity index (χ1) is 9.06. The molecular weight excluding hydrogens is 240 g/mol. The van der Waals surface area contributed by atoms with Crippen molar-refractivity contribution in [1.29, 1.82) is 0 Å². The summed E-state index contributed by atoms with van der Waals surface area (Å²) in [5.74, 6) is -0.275. The van der Waals surface area contributed by atoms with Crippen LogP contribution in [0.5, 0.6) is 11.5 Å². The van der Waals surface area contributed by atoms with Gasteiger partial charge in [-0.25, -0.2) is 0 Å². The molecule has 0 heterocycles. The molecule has 2 aromatic carbocycles. The third-order valence-electron chi connectivity index (χ3n) is 3.35. The minimum Gasteiger partial charge on any atom is -0.507 e. The van der Waals surface area contributed by atoms with Crippen molar-refractivity contribution in [2.24, 2.45) is 0 Å². The highest BCUT2D eigenvalue weighted by molar-refractivity contribution is 6.06. The van der Waals surface area contributed by atoms with Crippen LogP contribution < -0.4 is 0 Å². The molecule has 2 rings (SSSR count). The first-order valence-corrected chi connectivity index (χ1v) is 6.53. The number of ketones is 1. The highest BCUT2D eigenvalue weighted by Crippen LogP contribution is 2.38. The molecule has 0 aliphatic heterocycles. The van der Waals surface area contributed by atoms with E-state index in [2.05, 4.69) is 6.92 Å². The molecule has 100 valence electrons. The van der Waals surface area contributed by atoms with Gasteiger partial charge in [-0.3, -0.25) is 4.79 Å². The van der Waals surface area contributed by atoms with Gasteiger partial charge in [0.15, 0.2) is 5.78 Å². The van der Waals surface area contributed by atoms with Gasteiger partial charge in [-0.05, 0) is 36.8 Å². The third-order valence-corrected chi connectivity index (χ3v) is 3.35. The van der Waals surface area contributed by atoms with Crippen molar-refractivity contribution in [3.05, 3.63) is 35.4 Å². The van der Waals surface area contributed by atoms with Gasteiger partial charge in [0.05, 0.1) is 10.9 Å². The molecule has 0 saturated heterocycles. The average molecular weight is 258 g/mol. The van der Waals surface area contributed by atoms with Gasteiger partial charge in [-0.15, -0.1) is 0 Å². The first kappa shape index (κ1) is 13.4. The second-order valence-electron chi connectivity index (χ2n) is 4.79. The van der Waals surface area contributed by atoms with Crippen LogP contribution in [0.1, 0.15) is 42.6 Å². The minimum absolute atomic E-state index is 0.000425. The van der Waals surface area contributed by atoms with E-state index in [4.69, 9.17) is 0 Å². The monoisotopic (exact) mass is 258 g/mol. The molecule has 0 fully saturated rings. The molecule has 0 amide bonds. The van der Waals surface area contributed by atoms with E-state index in [1.165, 1.54) is 13.0 Å². The normalized spacial score (nSPS) is 10.8. The van der Waals surface area contributed by atoms with Gasteiger partial charge in [0.25, 0.3) is 0 Å². The number of hydrogen-bond acceptors (Lipinski definition) is 3. The number of carbonyl (C=O) groups excluding carboxylic acids is 1. The fourth-order valence-electron chi connectivity index (χ4n) is 2.43. The topological polar surface area (TPSA) is 57.5 Å². The summed E-state index contributed by atoms with van der Waals surface area (Å²) in [5, 5.41) is 21.3. The molecule has 0 aromatic heterocycles. The highest BCUT2D eigenvalue weighted by atomic mass is 16.3. The fourth-order valence-corrected chi connectivity index (χ4v) is 2.43. The van der Waals surface area contributed by atoms with Crippen molar-refractivity contribution in [3.8, 4) is 11.5 Å². The van der Waals surface area contributed by atoms with E-state index < -0.39 is 0 Å². The molecule has 0 saturated carbocycles. The van der Waals surface area contributed by atoms with Crippen LogP contribution in [0.15, 0.2) is 24.3 Å². The van der Waals surface area contributed by atoms with Gasteiger partial charge in [0, 0.05) is 0 Å². The lowest BCUT2D eigenvalue weighted by Crippen LogP contribution is -2.01. The molecule has 0 aliphatic rings. The number of benzene rings is 2. The molecule has 2 aromatic rings. The van der Waals surface area contributed by atoms with Crippen LogP contribution in [0.4, 0.5) is 0 Å². The first-order valence-electron chi connectivity index (χ1n) is 6.53. The second-order valence-corrected chi connectivity index (χ2v) is 4.79. The molecule has 19 heavy (non-hydrogen) atoms. The molecule has 0 radical (unpaired) electrons. The zero-order valence-corrected chi connectivity index (χ0v) is 11.2. The van der Waals surface area contributed by atoms with Crippen LogP contribution in [0.2, 0.25) is 0 Å². The van der Waals surface area contributed by atoms with E-state index in [9.17, 15) is 15.0 Å². The summed E-state index contributed by atoms with van der Waals surface area (Å²) in [7, 11) is 0. The van der Waals surface area contributed by atoms with Gasteiger partial charge in [-0.2, -0.15) is 0 Å². The van der Waals surface area contributed by atoms with Crippen molar-refractivity contribution in [2.45, 2.75) is 33.1 Å². The maximum Gasteiger partial charge on any atom is 0.163 e. The Bertz CT molecular complexity index is 629. The molecule has 0 aliphatic carbocycles. The Morgan fingerprint density at radius 2 is 2.00 bits per heavy atom. The maximum absolute atomic E-state index is 11.8. The van der Waals surface area contributed by atoms with E-state index in [-0.39, 0.29) is 17.3 Å². The molecule has 3 nitrogen and oxygen atoms in total. The number of aromatic hydroxyl groups is 2. The molecule has 0 atom stereocenters. The average Bonchev–Trinajstić information content (AvgIpc) is 2.35. The van der Waals surface area contributed by atoms with Crippen molar-refractivity contribution < 1.29 is 15.0 Å². The van der Waals surface area contributed by atoms with Crippen LogP contribution >= 0.6 is 0 Å². The highest BCUT2D eigenvalue weighted by Gasteiger charge is 2.18. The van der Waals surface area contributed by atoms with Gasteiger partial charge < -0.3 is 10.2 Å². The Morgan fingerprint density at radius 3 is 2.63 bits per heavy atom. The van der Waals surface area contributed by atoms with Crippen LogP contribution in [0.3, 0.4) is 0 Å². The van der Waals surface area contributed by atoms with Gasteiger partial charge in [0.1, 0.15) is 11.5 Å². The number of fused-ring (bicyclic) bond motifs is 1. The molecular formula is C16H18O3. The van der Waals surface area contributed by atoms with Crippen LogP contribution in [-0.4, -0.2) is 16.0 Å². The number of carbonyl (C=O) groups is 1. The molecule has 2 N–H and O–H groups in total. The number of hydrogen-bond donors (Lipinski definition) is 2. The Kier molecular flexibility index (Phi) is 3.74. The lowest BCUT2D eigenvalue weighted by Gasteiger charge is -2.13. The standard InChI is InChI=1S/C16H18O3/c1-3-4-6-11-9-12-7-5-8-13(18)15(12)16(19)14(11)10(2)17/h5,7-9,18-19H,3-4,6H2,1-2H3. The van der Waals surface area contributed by atoms with Gasteiger partial charge in [-0.1, -0.05) is 31.5 Å². The quantitative estimate of drug-likeness (QED) is 0.820. The van der Waals surface area contributed by atoms with Gasteiger partial charge in [0.2, 0.25) is 0 Å². The SMILES string of the molecule is CCCCc1cc2cccc(O)c2c(O)c1C(C)=O. The molecule has 0 unspecified atom stereocenters. The smallest absolute Gasteiger partial charge is 0.163 e. The van der Waals surface area contributed by atoms with E-state index in [1.807, 2.05) is 12.1 Å². The largest absolute Gasteiger partial charge is 0.507 e. The summed E-state index contributed by atoms with van der Waals surface area (Å²) in [5.41, 5.74) is 1.19. The Balaban J connectivity index is 2.74. The van der Waals surface area contributed by atoms with Crippen molar-refractivity contribution in [1.82, 2.24) is 0 Å². The summed E-state index contributed by atoms with van der Waals surface area (Å²) >= 11 is 0. The molecule has 3 heteroatoms. The number of Topliss-reactive ketones (excluding diaryl/α,β-unsaturated/α-hetero) is 1. The predicted molar refractivity (Wildman–Crippen MR) is 75.9 cm³/mol. The number of rotatable bonds is 4. The lowest BCUT2D eigenvalue weighted by atomic mass is 9.93. The van der Waals surface area contributed by atoms with Crippen molar-refractivity contribution in [3.63, 3.8) is 0 Å². The summed E-state index contributed by atoms with van der Waals surface area (Å²) < 4.78 is 0. The maximum atomic E-state index is 11.8. The van der Waals surface area contributed by atoms with Crippen molar-refractivity contribution in [2.75, 3.05) is 0 Å². The Hall–Kier alpha value is -2.03. The van der Waals surface area contributed by atoms with E-state index in [1.54, 1.807) is 6.07 Å². The zero-order valence-electron chi connectivity index (χ0n) is 11.2.